The van der Waals surface area contributed by atoms with E-state index in [1.54, 1.807) is 6.20 Å². The number of likely N-dealkylation sites (N-methyl/N-ethyl adjacent to an activating group) is 1. The second kappa shape index (κ2) is 9.51. The molecule has 4 aromatic rings. The topological polar surface area (TPSA) is 58.0 Å². The Kier molecular flexibility index (Phi) is 6.77. The van der Waals surface area contributed by atoms with E-state index >= 15 is 0 Å². The van der Waals surface area contributed by atoms with E-state index in [1.165, 1.54) is 0 Å². The number of benzene rings is 2. The van der Waals surface area contributed by atoms with Gasteiger partial charge in [-0.05, 0) is 55.0 Å². The summed E-state index contributed by atoms with van der Waals surface area (Å²) in [4.78, 5) is 21.6. The van der Waals surface area contributed by atoms with E-state index in [0.29, 0.717) is 0 Å². The van der Waals surface area contributed by atoms with Crippen molar-refractivity contribution >= 4 is 71.2 Å². The molecule has 2 aromatic heterocycles. The van der Waals surface area contributed by atoms with Gasteiger partial charge in [0.2, 0.25) is 11.2 Å². The Morgan fingerprint density at radius 1 is 0.800 bits per heavy atom. The lowest BCUT2D eigenvalue weighted by atomic mass is 10.2. The zero-order valence-corrected chi connectivity index (χ0v) is 20.2. The van der Waals surface area contributed by atoms with Crippen LogP contribution in [-0.4, -0.2) is 58.1 Å². The number of hydrogen-bond donors (Lipinski definition) is 0. The number of anilines is 1. The molecule has 1 aliphatic heterocycles. The third-order valence-electron chi connectivity index (χ3n) is 4.83. The lowest BCUT2D eigenvalue weighted by Crippen LogP contribution is -2.45. The Morgan fingerprint density at radius 2 is 1.37 bits per heavy atom. The van der Waals surface area contributed by atoms with E-state index in [9.17, 15) is 0 Å². The van der Waals surface area contributed by atoms with Crippen molar-refractivity contribution in [2.24, 2.45) is 0 Å². The van der Waals surface area contributed by atoms with Crippen LogP contribution in [0.3, 0.4) is 0 Å². The molecule has 0 N–H and O–H groups in total. The number of halogens is 3. The molecule has 0 bridgehead atoms. The number of hydrogen-bond acceptors (Lipinski definition) is 6. The van der Waals surface area contributed by atoms with E-state index in [0.717, 1.165) is 62.9 Å². The fraction of sp³-hybridized carbons (Fsp3) is 0.238. The van der Waals surface area contributed by atoms with Gasteiger partial charge in [-0.2, -0.15) is 0 Å². The monoisotopic (exact) mass is 548 g/mol. The molecule has 0 radical (unpaired) electrons. The van der Waals surface area contributed by atoms with Crippen molar-refractivity contribution in [1.29, 1.82) is 0 Å². The lowest BCUT2D eigenvalue weighted by Gasteiger charge is -2.32. The standard InChI is InChI=1S/C13H15BrN4.C8H4BrClN2/c1-17-4-6-18(7-5-17)13-15-9-10-8-11(14)2-3-12(10)16-13;9-6-1-2-7-5(3-6)4-11-8(10)12-7/h2-3,8-9H,4-7H2,1H3;1-4H. The second-order valence-electron chi connectivity index (χ2n) is 7.01. The van der Waals surface area contributed by atoms with Gasteiger partial charge in [0.25, 0.3) is 0 Å². The highest BCUT2D eigenvalue weighted by Crippen LogP contribution is 2.20. The molecule has 0 amide bonds. The molecule has 9 heteroatoms. The van der Waals surface area contributed by atoms with E-state index in [1.807, 2.05) is 42.6 Å². The summed E-state index contributed by atoms with van der Waals surface area (Å²) in [6.07, 6.45) is 3.61. The summed E-state index contributed by atoms with van der Waals surface area (Å²) in [6, 6.07) is 11.9. The van der Waals surface area contributed by atoms with Gasteiger partial charge >= 0.3 is 0 Å². The molecular weight excluding hydrogens is 532 g/mol. The van der Waals surface area contributed by atoms with Crippen molar-refractivity contribution in [1.82, 2.24) is 24.8 Å². The fourth-order valence-corrected chi connectivity index (χ4v) is 4.03. The zero-order chi connectivity index (χ0) is 21.1. The molecule has 0 aliphatic carbocycles. The maximum Gasteiger partial charge on any atom is 0.225 e. The zero-order valence-electron chi connectivity index (χ0n) is 16.3. The van der Waals surface area contributed by atoms with Gasteiger partial charge in [0.1, 0.15) is 0 Å². The molecule has 0 saturated carbocycles. The summed E-state index contributed by atoms with van der Waals surface area (Å²) in [6.45, 7) is 4.14. The van der Waals surface area contributed by atoms with Crippen molar-refractivity contribution in [3.8, 4) is 0 Å². The molecule has 1 saturated heterocycles. The average molecular weight is 551 g/mol. The molecule has 1 fully saturated rings. The van der Waals surface area contributed by atoms with E-state index in [2.05, 4.69) is 68.6 Å². The molecule has 1 aliphatic rings. The first kappa shape index (κ1) is 21.4. The van der Waals surface area contributed by atoms with Crippen LogP contribution in [0.15, 0.2) is 57.7 Å². The minimum Gasteiger partial charge on any atom is -0.338 e. The minimum atomic E-state index is 0.282. The highest BCUT2D eigenvalue weighted by Gasteiger charge is 2.16. The average Bonchev–Trinajstić information content (AvgIpc) is 2.74. The van der Waals surface area contributed by atoms with Gasteiger partial charge in [0.05, 0.1) is 11.0 Å². The normalized spacial score (nSPS) is 14.6. The predicted molar refractivity (Wildman–Crippen MR) is 129 cm³/mol. The van der Waals surface area contributed by atoms with Crippen LogP contribution in [-0.2, 0) is 0 Å². The highest BCUT2D eigenvalue weighted by molar-refractivity contribution is 9.10. The largest absolute Gasteiger partial charge is 0.338 e. The fourth-order valence-electron chi connectivity index (χ4n) is 3.13. The lowest BCUT2D eigenvalue weighted by molar-refractivity contribution is 0.311. The first-order valence-electron chi connectivity index (χ1n) is 9.41. The number of aromatic nitrogens is 4. The molecule has 30 heavy (non-hydrogen) atoms. The molecule has 154 valence electrons. The van der Waals surface area contributed by atoms with Gasteiger partial charge in [-0.1, -0.05) is 31.9 Å². The van der Waals surface area contributed by atoms with Crippen molar-refractivity contribution in [3.05, 3.63) is 63.0 Å². The van der Waals surface area contributed by atoms with Gasteiger partial charge in [0.15, 0.2) is 0 Å². The smallest absolute Gasteiger partial charge is 0.225 e. The second-order valence-corrected chi connectivity index (χ2v) is 9.18. The Hall–Kier alpha value is -1.87. The Labute approximate surface area is 196 Å². The van der Waals surface area contributed by atoms with Crippen molar-refractivity contribution in [2.75, 3.05) is 38.1 Å². The van der Waals surface area contributed by atoms with Crippen LogP contribution in [0.5, 0.6) is 0 Å². The Balaban J connectivity index is 0.000000158. The highest BCUT2D eigenvalue weighted by atomic mass is 79.9. The van der Waals surface area contributed by atoms with Crippen LogP contribution >= 0.6 is 43.5 Å². The molecular formula is C21H19Br2ClN6. The maximum absolute atomic E-state index is 5.62. The number of piperazine rings is 1. The summed E-state index contributed by atoms with van der Waals surface area (Å²) in [5.74, 6) is 0.845. The maximum atomic E-state index is 5.62. The third kappa shape index (κ3) is 5.24. The van der Waals surface area contributed by atoms with Crippen LogP contribution in [0, 0.1) is 0 Å². The van der Waals surface area contributed by atoms with Gasteiger partial charge in [0, 0.05) is 58.3 Å². The van der Waals surface area contributed by atoms with E-state index < -0.39 is 0 Å². The van der Waals surface area contributed by atoms with Crippen molar-refractivity contribution in [3.63, 3.8) is 0 Å². The first-order chi connectivity index (χ1) is 14.5. The van der Waals surface area contributed by atoms with Gasteiger partial charge in [-0.15, -0.1) is 0 Å². The molecule has 0 atom stereocenters. The predicted octanol–water partition coefficient (Wildman–Crippen LogP) is 5.19. The van der Waals surface area contributed by atoms with Gasteiger partial charge in [-0.25, -0.2) is 19.9 Å². The van der Waals surface area contributed by atoms with E-state index in [4.69, 9.17) is 11.6 Å². The summed E-state index contributed by atoms with van der Waals surface area (Å²) in [5, 5.41) is 2.33. The first-order valence-corrected chi connectivity index (χ1v) is 11.4. The summed E-state index contributed by atoms with van der Waals surface area (Å²) >= 11 is 12.4. The molecule has 3 heterocycles. The number of nitrogens with zero attached hydrogens (tertiary/aromatic N) is 6. The molecule has 2 aromatic carbocycles. The van der Waals surface area contributed by atoms with Crippen LogP contribution in [0.2, 0.25) is 5.28 Å². The van der Waals surface area contributed by atoms with Crippen LogP contribution in [0.1, 0.15) is 0 Å². The molecule has 0 spiro atoms. The van der Waals surface area contributed by atoms with Crippen molar-refractivity contribution < 1.29 is 0 Å². The summed E-state index contributed by atoms with van der Waals surface area (Å²) < 4.78 is 2.08. The molecule has 6 nitrogen and oxygen atoms in total. The molecule has 5 rings (SSSR count). The summed E-state index contributed by atoms with van der Waals surface area (Å²) in [5.41, 5.74) is 1.86. The van der Waals surface area contributed by atoms with E-state index in [-0.39, 0.29) is 5.28 Å². The minimum absolute atomic E-state index is 0.282. The van der Waals surface area contributed by atoms with Crippen LogP contribution < -0.4 is 4.90 Å². The van der Waals surface area contributed by atoms with Crippen LogP contribution in [0.25, 0.3) is 21.8 Å². The third-order valence-corrected chi connectivity index (χ3v) is 6.00. The SMILES string of the molecule is CN1CCN(c2ncc3cc(Br)ccc3n2)CC1.Clc1ncc2cc(Br)ccc2n1. The number of fused-ring (bicyclic) bond motifs is 2. The van der Waals surface area contributed by atoms with Crippen molar-refractivity contribution in [2.45, 2.75) is 0 Å². The van der Waals surface area contributed by atoms with Gasteiger partial charge in [-0.3, -0.25) is 0 Å². The van der Waals surface area contributed by atoms with Crippen LogP contribution in [0.4, 0.5) is 5.95 Å². The number of rotatable bonds is 1. The summed E-state index contributed by atoms with van der Waals surface area (Å²) in [7, 11) is 2.15. The Morgan fingerprint density at radius 3 is 2.00 bits per heavy atom. The molecule has 0 unspecified atom stereocenters. The van der Waals surface area contributed by atoms with Gasteiger partial charge < -0.3 is 9.80 Å². The Bertz CT molecular complexity index is 1140. The quantitative estimate of drug-likeness (QED) is 0.304.